The fraction of sp³-hybridized carbons (Fsp3) is 1.00. The lowest BCUT2D eigenvalue weighted by Gasteiger charge is -2.62. The molecular weight excluding hydrogens is 362 g/mol. The van der Waals surface area contributed by atoms with Gasteiger partial charge >= 0.3 is 0 Å². The van der Waals surface area contributed by atoms with Crippen LogP contribution in [0.2, 0.25) is 6.32 Å². The van der Waals surface area contributed by atoms with E-state index in [2.05, 4.69) is 6.92 Å². The Hall–Kier alpha value is -0.205. The van der Waals surface area contributed by atoms with Crippen LogP contribution in [0.25, 0.3) is 0 Å². The van der Waals surface area contributed by atoms with Crippen molar-refractivity contribution < 1.29 is 28.4 Å². The van der Waals surface area contributed by atoms with E-state index in [1.165, 1.54) is 0 Å². The Labute approximate surface area is 169 Å². The molecular formula is C21H34BFO5. The number of unbranched alkanes of at least 4 members (excludes halogenated alkanes) is 2. The van der Waals surface area contributed by atoms with E-state index in [-0.39, 0.29) is 17.8 Å². The zero-order valence-corrected chi connectivity index (χ0v) is 17.5. The average Bonchev–Trinajstić information content (AvgIpc) is 2.91. The summed E-state index contributed by atoms with van der Waals surface area (Å²) < 4.78 is 33.2. The number of fused-ring (bicyclic) bond motifs is 2. The predicted octanol–water partition coefficient (Wildman–Crippen LogP) is 4.31. The van der Waals surface area contributed by atoms with Crippen LogP contribution in [-0.4, -0.2) is 44.6 Å². The topological polar surface area (TPSA) is 46.2 Å². The van der Waals surface area contributed by atoms with Crippen LogP contribution in [-0.2, 0) is 24.0 Å². The Balaban J connectivity index is 1.61. The molecule has 158 valence electrons. The van der Waals surface area contributed by atoms with E-state index in [0.717, 1.165) is 44.9 Å². The van der Waals surface area contributed by atoms with E-state index in [9.17, 15) is 4.39 Å². The molecule has 0 amide bonds. The zero-order chi connectivity index (χ0) is 20.0. The van der Waals surface area contributed by atoms with Crippen molar-refractivity contribution >= 4 is 7.85 Å². The second-order valence-corrected chi connectivity index (χ2v) is 9.46. The molecule has 0 aromatic carbocycles. The van der Waals surface area contributed by atoms with Crippen molar-refractivity contribution in [3.8, 4) is 0 Å². The van der Waals surface area contributed by atoms with E-state index in [1.54, 1.807) is 0 Å². The van der Waals surface area contributed by atoms with Gasteiger partial charge in [-0.05, 0) is 44.4 Å². The molecule has 0 aromatic rings. The summed E-state index contributed by atoms with van der Waals surface area (Å²) in [6.07, 6.45) is 6.47. The first-order chi connectivity index (χ1) is 13.4. The molecule has 8 atom stereocenters. The van der Waals surface area contributed by atoms with E-state index in [1.807, 2.05) is 13.8 Å². The molecule has 5 rings (SSSR count). The maximum Gasteiger partial charge on any atom is 0.202 e. The van der Waals surface area contributed by atoms with Crippen molar-refractivity contribution in [2.45, 2.75) is 95.5 Å². The first-order valence-electron chi connectivity index (χ1n) is 11.0. The standard InChI is InChI=1S/C21H34BFO5/c1-14-7-8-17-15(2)20(13-23,24-12-6-4-5-11-22)26-18-21(17)16(14)9-10-19(3,25-18)27-28-21/h14-18H,4-13H2,1-3H3/t14-,15-,16?,17+,18+,19+,20+,21-/m1/s1. The van der Waals surface area contributed by atoms with E-state index in [4.69, 9.17) is 31.8 Å². The molecule has 5 nitrogen and oxygen atoms in total. The Bertz CT molecular complexity index is 567. The molecule has 5 fully saturated rings. The molecule has 28 heavy (non-hydrogen) atoms. The summed E-state index contributed by atoms with van der Waals surface area (Å²) in [6, 6.07) is 0. The third-order valence-electron chi connectivity index (χ3n) is 7.76. The Morgan fingerprint density at radius 2 is 1.86 bits per heavy atom. The van der Waals surface area contributed by atoms with Gasteiger partial charge in [-0.1, -0.05) is 33.0 Å². The third kappa shape index (κ3) is 3.16. The van der Waals surface area contributed by atoms with Crippen LogP contribution in [0.5, 0.6) is 0 Å². The van der Waals surface area contributed by atoms with Crippen LogP contribution in [0, 0.1) is 23.7 Å². The van der Waals surface area contributed by atoms with Crippen LogP contribution in [0.4, 0.5) is 4.39 Å². The molecule has 4 aliphatic heterocycles. The van der Waals surface area contributed by atoms with Crippen molar-refractivity contribution in [2.24, 2.45) is 23.7 Å². The highest BCUT2D eigenvalue weighted by Gasteiger charge is 2.72. The molecule has 4 heterocycles. The second kappa shape index (κ2) is 7.80. The number of alkyl halides is 1. The summed E-state index contributed by atoms with van der Waals surface area (Å²) in [5.41, 5.74) is -0.686. The Kier molecular flexibility index (Phi) is 5.87. The zero-order valence-electron chi connectivity index (χ0n) is 17.5. The summed E-state index contributed by atoms with van der Waals surface area (Å²) in [5, 5.41) is 0. The predicted molar refractivity (Wildman–Crippen MR) is 102 cm³/mol. The van der Waals surface area contributed by atoms with Crippen LogP contribution < -0.4 is 0 Å². The molecule has 2 radical (unpaired) electrons. The summed E-state index contributed by atoms with van der Waals surface area (Å²) in [7, 11) is 5.56. The normalized spacial score (nSPS) is 50.2. The molecule has 1 aliphatic carbocycles. The minimum Gasteiger partial charge on any atom is -0.347 e. The number of hydrogen-bond acceptors (Lipinski definition) is 5. The van der Waals surface area contributed by atoms with Gasteiger partial charge in [0.2, 0.25) is 11.6 Å². The van der Waals surface area contributed by atoms with Gasteiger partial charge in [0, 0.05) is 18.3 Å². The third-order valence-corrected chi connectivity index (χ3v) is 7.76. The van der Waals surface area contributed by atoms with E-state index in [0.29, 0.717) is 18.8 Å². The average molecular weight is 396 g/mol. The maximum atomic E-state index is 14.5. The molecule has 1 saturated carbocycles. The van der Waals surface area contributed by atoms with Crippen molar-refractivity contribution in [2.75, 3.05) is 13.3 Å². The van der Waals surface area contributed by atoms with Crippen molar-refractivity contribution in [3.05, 3.63) is 0 Å². The number of hydrogen-bond donors (Lipinski definition) is 0. The fourth-order valence-electron chi connectivity index (χ4n) is 6.01. The molecule has 1 unspecified atom stereocenters. The number of rotatable bonds is 7. The van der Waals surface area contributed by atoms with Crippen molar-refractivity contribution in [3.63, 3.8) is 0 Å². The van der Waals surface area contributed by atoms with E-state index >= 15 is 0 Å². The molecule has 0 aromatic heterocycles. The lowest BCUT2D eigenvalue weighted by atomic mass is 9.57. The summed E-state index contributed by atoms with van der Waals surface area (Å²) in [4.78, 5) is 11.9. The van der Waals surface area contributed by atoms with Gasteiger partial charge in [0.05, 0.1) is 14.5 Å². The number of halogens is 1. The molecule has 7 heteroatoms. The van der Waals surface area contributed by atoms with Crippen molar-refractivity contribution in [1.82, 2.24) is 0 Å². The summed E-state index contributed by atoms with van der Waals surface area (Å²) >= 11 is 0. The highest BCUT2D eigenvalue weighted by Crippen LogP contribution is 2.62. The minimum atomic E-state index is -1.29. The Morgan fingerprint density at radius 3 is 2.61 bits per heavy atom. The van der Waals surface area contributed by atoms with Gasteiger partial charge in [0.15, 0.2) is 11.9 Å². The molecule has 1 spiro atoms. The minimum absolute atomic E-state index is 0.0647. The maximum absolute atomic E-state index is 14.5. The second-order valence-electron chi connectivity index (χ2n) is 9.46. The number of ether oxygens (including phenoxy) is 3. The molecule has 5 aliphatic rings. The van der Waals surface area contributed by atoms with Gasteiger partial charge in [-0.2, -0.15) is 0 Å². The first kappa shape index (κ1) is 21.0. The highest BCUT2D eigenvalue weighted by molar-refractivity contribution is 6.08. The molecule has 4 saturated heterocycles. The lowest BCUT2D eigenvalue weighted by molar-refractivity contribution is -0.587. The monoisotopic (exact) mass is 396 g/mol. The van der Waals surface area contributed by atoms with Crippen LogP contribution in [0.3, 0.4) is 0 Å². The smallest absolute Gasteiger partial charge is 0.202 e. The quantitative estimate of drug-likeness (QED) is 0.365. The van der Waals surface area contributed by atoms with Crippen LogP contribution in [0.1, 0.15) is 65.7 Å². The molecule has 0 N–H and O–H groups in total. The highest BCUT2D eigenvalue weighted by atomic mass is 19.1. The summed E-state index contributed by atoms with van der Waals surface area (Å²) in [6.45, 7) is 5.93. The van der Waals surface area contributed by atoms with Gasteiger partial charge in [0.25, 0.3) is 0 Å². The van der Waals surface area contributed by atoms with Gasteiger partial charge in [-0.15, -0.1) is 0 Å². The largest absolute Gasteiger partial charge is 0.347 e. The van der Waals surface area contributed by atoms with Gasteiger partial charge in [-0.25, -0.2) is 14.2 Å². The Morgan fingerprint density at radius 1 is 1.04 bits per heavy atom. The van der Waals surface area contributed by atoms with Gasteiger partial charge in [0.1, 0.15) is 6.67 Å². The first-order valence-corrected chi connectivity index (χ1v) is 11.0. The molecule has 2 bridgehead atoms. The fourth-order valence-corrected chi connectivity index (χ4v) is 6.01. The van der Waals surface area contributed by atoms with Crippen LogP contribution in [0.15, 0.2) is 0 Å². The van der Waals surface area contributed by atoms with Crippen molar-refractivity contribution in [1.29, 1.82) is 0 Å². The van der Waals surface area contributed by atoms with Gasteiger partial charge < -0.3 is 14.2 Å². The lowest BCUT2D eigenvalue weighted by Crippen LogP contribution is -2.73. The summed E-state index contributed by atoms with van der Waals surface area (Å²) in [5.74, 6) is -1.50. The van der Waals surface area contributed by atoms with Crippen LogP contribution >= 0.6 is 0 Å². The SMILES string of the molecule is [B]CCCCCO[C@@]1(CF)O[C@@H]2O[C@]3(C)CCC4[C@H](C)CC[C@@H]([C@H]1C)[C@]42OO3. The van der Waals surface area contributed by atoms with E-state index < -0.39 is 30.1 Å². The van der Waals surface area contributed by atoms with Gasteiger partial charge in [-0.3, -0.25) is 0 Å².